The van der Waals surface area contributed by atoms with E-state index < -0.39 is 0 Å². The van der Waals surface area contributed by atoms with Crippen molar-refractivity contribution in [3.05, 3.63) is 53.3 Å². The van der Waals surface area contributed by atoms with Crippen LogP contribution in [0.5, 0.6) is 0 Å². The molecule has 4 nitrogen and oxygen atoms in total. The van der Waals surface area contributed by atoms with Gasteiger partial charge < -0.3 is 5.73 Å². The normalized spacial score (nSPS) is 10.8. The summed E-state index contributed by atoms with van der Waals surface area (Å²) in [4.78, 5) is 15.2. The first-order valence-corrected chi connectivity index (χ1v) is 6.06. The van der Waals surface area contributed by atoms with Crippen molar-refractivity contribution in [1.82, 2.24) is 9.38 Å². The summed E-state index contributed by atoms with van der Waals surface area (Å²) < 4.78 is 1.67. The molecule has 0 saturated carbocycles. The van der Waals surface area contributed by atoms with Gasteiger partial charge in [-0.05, 0) is 23.8 Å². The van der Waals surface area contributed by atoms with Gasteiger partial charge >= 0.3 is 0 Å². The van der Waals surface area contributed by atoms with Gasteiger partial charge in [-0.1, -0.05) is 29.8 Å². The molecule has 2 N–H and O–H groups in total. The van der Waals surface area contributed by atoms with E-state index in [0.29, 0.717) is 22.6 Å². The molecule has 0 spiro atoms. The van der Waals surface area contributed by atoms with Gasteiger partial charge in [0, 0.05) is 16.8 Å². The number of anilines is 1. The predicted octanol–water partition coefficient (Wildman–Crippen LogP) is 3.05. The fourth-order valence-electron chi connectivity index (χ4n) is 2.05. The number of benzene rings is 1. The van der Waals surface area contributed by atoms with Crippen LogP contribution in [0.4, 0.5) is 5.82 Å². The lowest BCUT2D eigenvalue weighted by molar-refractivity contribution is 0.111. The maximum Gasteiger partial charge on any atom is 0.170 e. The van der Waals surface area contributed by atoms with Gasteiger partial charge in [-0.25, -0.2) is 4.98 Å². The maximum absolute atomic E-state index is 11.1. The number of carbonyl (C=O) groups excluding carboxylic acids is 1. The van der Waals surface area contributed by atoms with E-state index in [4.69, 9.17) is 17.3 Å². The van der Waals surface area contributed by atoms with Crippen LogP contribution in [0.3, 0.4) is 0 Å². The lowest BCUT2D eigenvalue weighted by Crippen LogP contribution is -1.95. The third-order valence-corrected chi connectivity index (χ3v) is 3.31. The predicted molar refractivity (Wildman–Crippen MR) is 75.4 cm³/mol. The minimum absolute atomic E-state index is 0.228. The number of carbonyl (C=O) groups is 1. The van der Waals surface area contributed by atoms with Gasteiger partial charge in [0.2, 0.25) is 0 Å². The third kappa shape index (κ3) is 1.86. The fourth-order valence-corrected chi connectivity index (χ4v) is 2.30. The second-order valence-electron chi connectivity index (χ2n) is 4.13. The summed E-state index contributed by atoms with van der Waals surface area (Å²) >= 11 is 6.17. The number of nitrogen functional groups attached to an aromatic ring is 1. The molecule has 0 bridgehead atoms. The number of hydrogen-bond acceptors (Lipinski definition) is 3. The van der Waals surface area contributed by atoms with Crippen molar-refractivity contribution >= 4 is 29.4 Å². The molecule has 19 heavy (non-hydrogen) atoms. The molecule has 0 aliphatic carbocycles. The number of nitrogens with zero attached hydrogens (tertiary/aromatic N) is 2. The summed E-state index contributed by atoms with van der Waals surface area (Å²) in [5, 5.41) is 0.655. The molecule has 0 aliphatic rings. The highest BCUT2D eigenvalue weighted by molar-refractivity contribution is 6.33. The highest BCUT2D eigenvalue weighted by Crippen LogP contribution is 2.28. The number of rotatable bonds is 2. The second-order valence-corrected chi connectivity index (χ2v) is 4.53. The average Bonchev–Trinajstić information content (AvgIpc) is 2.73. The quantitative estimate of drug-likeness (QED) is 0.729. The van der Waals surface area contributed by atoms with E-state index in [9.17, 15) is 4.79 Å². The molecule has 0 unspecified atom stereocenters. The van der Waals surface area contributed by atoms with Crippen molar-refractivity contribution in [3.8, 4) is 11.1 Å². The van der Waals surface area contributed by atoms with E-state index in [-0.39, 0.29) is 5.82 Å². The van der Waals surface area contributed by atoms with Gasteiger partial charge in [-0.3, -0.25) is 9.20 Å². The molecular weight excluding hydrogens is 262 g/mol. The Morgan fingerprint density at radius 2 is 2.00 bits per heavy atom. The molecular formula is C14H10ClN3O. The Hall–Kier alpha value is -2.33. The first kappa shape index (κ1) is 11.7. The number of pyridine rings is 1. The lowest BCUT2D eigenvalue weighted by atomic mass is 10.1. The van der Waals surface area contributed by atoms with Crippen molar-refractivity contribution in [2.75, 3.05) is 5.73 Å². The zero-order valence-corrected chi connectivity index (χ0v) is 10.6. The summed E-state index contributed by atoms with van der Waals surface area (Å²) in [5.74, 6) is 0.228. The largest absolute Gasteiger partial charge is 0.382 e. The monoisotopic (exact) mass is 271 g/mol. The summed E-state index contributed by atoms with van der Waals surface area (Å²) in [5.41, 5.74) is 8.48. The van der Waals surface area contributed by atoms with Crippen LogP contribution in [0.2, 0.25) is 5.02 Å². The Labute approximate surface area is 114 Å². The third-order valence-electron chi connectivity index (χ3n) is 2.98. The van der Waals surface area contributed by atoms with Crippen molar-refractivity contribution in [1.29, 1.82) is 0 Å². The first-order chi connectivity index (χ1) is 9.20. The number of aldehydes is 1. The van der Waals surface area contributed by atoms with E-state index in [1.165, 1.54) is 0 Å². The van der Waals surface area contributed by atoms with Crippen LogP contribution in [0.15, 0.2) is 42.6 Å². The summed E-state index contributed by atoms with van der Waals surface area (Å²) in [7, 11) is 0. The Bertz CT molecular complexity index is 779. The standard InChI is InChI=1S/C14H10ClN3O/c15-11-4-2-1-3-10(11)9-5-6-13-17-14(16)12(8-19)18(13)7-9/h1-8H,16H2. The van der Waals surface area contributed by atoms with Gasteiger partial charge in [-0.15, -0.1) is 0 Å². The van der Waals surface area contributed by atoms with E-state index in [0.717, 1.165) is 11.1 Å². The van der Waals surface area contributed by atoms with Crippen molar-refractivity contribution < 1.29 is 4.79 Å². The van der Waals surface area contributed by atoms with Crippen molar-refractivity contribution in [2.45, 2.75) is 0 Å². The van der Waals surface area contributed by atoms with Crippen molar-refractivity contribution in [3.63, 3.8) is 0 Å². The molecule has 0 amide bonds. The van der Waals surface area contributed by atoms with E-state index in [2.05, 4.69) is 4.98 Å². The van der Waals surface area contributed by atoms with Crippen LogP contribution in [-0.2, 0) is 0 Å². The van der Waals surface area contributed by atoms with Crippen LogP contribution < -0.4 is 5.73 Å². The molecule has 1 aromatic carbocycles. The molecule has 0 aliphatic heterocycles. The number of nitrogens with two attached hydrogens (primary N) is 1. The Morgan fingerprint density at radius 1 is 1.21 bits per heavy atom. The Kier molecular flexibility index (Phi) is 2.72. The minimum atomic E-state index is 0.228. The molecule has 0 atom stereocenters. The number of fused-ring (bicyclic) bond motifs is 1. The van der Waals surface area contributed by atoms with Crippen LogP contribution >= 0.6 is 11.6 Å². The molecule has 3 aromatic rings. The number of aromatic nitrogens is 2. The van der Waals surface area contributed by atoms with Gasteiger partial charge in [0.25, 0.3) is 0 Å². The summed E-state index contributed by atoms with van der Waals surface area (Å²) in [6, 6.07) is 11.2. The molecule has 2 heterocycles. The minimum Gasteiger partial charge on any atom is -0.382 e. The van der Waals surface area contributed by atoms with Crippen LogP contribution in [-0.4, -0.2) is 15.7 Å². The van der Waals surface area contributed by atoms with Crippen LogP contribution in [0, 0.1) is 0 Å². The molecule has 94 valence electrons. The van der Waals surface area contributed by atoms with Crippen molar-refractivity contribution in [2.24, 2.45) is 0 Å². The zero-order valence-electron chi connectivity index (χ0n) is 9.88. The lowest BCUT2D eigenvalue weighted by Gasteiger charge is -2.05. The van der Waals surface area contributed by atoms with E-state index in [1.807, 2.05) is 42.6 Å². The van der Waals surface area contributed by atoms with Crippen LogP contribution in [0.1, 0.15) is 10.5 Å². The molecule has 5 heteroatoms. The van der Waals surface area contributed by atoms with E-state index in [1.54, 1.807) is 4.40 Å². The zero-order chi connectivity index (χ0) is 13.4. The fraction of sp³-hybridized carbons (Fsp3) is 0. The highest BCUT2D eigenvalue weighted by atomic mass is 35.5. The second kappa shape index (κ2) is 4.40. The molecule has 0 fully saturated rings. The maximum atomic E-state index is 11.1. The first-order valence-electron chi connectivity index (χ1n) is 5.68. The van der Waals surface area contributed by atoms with E-state index >= 15 is 0 Å². The average molecular weight is 272 g/mol. The SMILES string of the molecule is Nc1nc2ccc(-c3ccccc3Cl)cn2c1C=O. The van der Waals surface area contributed by atoms with Crippen LogP contribution in [0.25, 0.3) is 16.8 Å². The molecule has 2 aromatic heterocycles. The Morgan fingerprint density at radius 3 is 2.74 bits per heavy atom. The summed E-state index contributed by atoms with van der Waals surface area (Å²) in [6.45, 7) is 0. The molecule has 0 radical (unpaired) electrons. The topological polar surface area (TPSA) is 60.4 Å². The van der Waals surface area contributed by atoms with Gasteiger partial charge in [-0.2, -0.15) is 0 Å². The van der Waals surface area contributed by atoms with Gasteiger partial charge in [0.15, 0.2) is 12.1 Å². The molecule has 3 rings (SSSR count). The number of imidazole rings is 1. The highest BCUT2D eigenvalue weighted by Gasteiger charge is 2.10. The van der Waals surface area contributed by atoms with Gasteiger partial charge in [0.1, 0.15) is 11.3 Å². The summed E-state index contributed by atoms with van der Waals surface area (Å²) in [6.07, 6.45) is 2.51. The van der Waals surface area contributed by atoms with Gasteiger partial charge in [0.05, 0.1) is 0 Å². The smallest absolute Gasteiger partial charge is 0.170 e. The molecule has 0 saturated heterocycles. The number of halogens is 1. The number of hydrogen-bond donors (Lipinski definition) is 1. The Balaban J connectivity index is 2.27.